The molecule has 2 fully saturated rings. The number of nitrogens with one attached hydrogen (secondary N) is 1. The van der Waals surface area contributed by atoms with Gasteiger partial charge in [0.05, 0.1) is 11.1 Å². The number of likely N-dealkylation sites (tertiary alicyclic amines) is 1. The zero-order valence-electron chi connectivity index (χ0n) is 12.9. The minimum atomic E-state index is 0.123. The van der Waals surface area contributed by atoms with Crippen LogP contribution in [-0.4, -0.2) is 41.0 Å². The molecule has 1 aromatic carbocycles. The Kier molecular flexibility index (Phi) is 3.34. The van der Waals surface area contributed by atoms with Gasteiger partial charge in [-0.25, -0.2) is 0 Å². The fourth-order valence-electron chi connectivity index (χ4n) is 3.72. The third-order valence-corrected chi connectivity index (χ3v) is 4.90. The molecule has 2 aromatic rings. The summed E-state index contributed by atoms with van der Waals surface area (Å²) < 4.78 is 0. The van der Waals surface area contributed by atoms with E-state index in [1.165, 1.54) is 12.8 Å². The van der Waals surface area contributed by atoms with Gasteiger partial charge in [-0.05, 0) is 38.3 Å². The summed E-state index contributed by atoms with van der Waals surface area (Å²) in [5, 5.41) is 4.66. The number of pyridine rings is 1. The first-order valence-corrected chi connectivity index (χ1v) is 8.12. The van der Waals surface area contributed by atoms with Crippen molar-refractivity contribution in [2.45, 2.75) is 38.3 Å². The van der Waals surface area contributed by atoms with Gasteiger partial charge in [0.15, 0.2) is 0 Å². The molecule has 4 heteroatoms. The third kappa shape index (κ3) is 2.37. The number of hydrogen-bond donors (Lipinski definition) is 1. The molecular weight excluding hydrogens is 274 g/mol. The number of carbonyl (C=O) groups excluding carboxylic acids is 1. The third-order valence-electron chi connectivity index (χ3n) is 4.90. The maximum absolute atomic E-state index is 13.0. The highest BCUT2D eigenvalue weighted by Crippen LogP contribution is 2.24. The molecule has 4 rings (SSSR count). The number of hydrogen-bond acceptors (Lipinski definition) is 3. The molecule has 2 aliphatic rings. The number of carbonyl (C=O) groups is 1. The maximum Gasteiger partial charge on any atom is 0.256 e. The lowest BCUT2D eigenvalue weighted by Crippen LogP contribution is -2.39. The van der Waals surface area contributed by atoms with Crippen LogP contribution in [-0.2, 0) is 0 Å². The van der Waals surface area contributed by atoms with Crippen LogP contribution in [0.15, 0.2) is 30.3 Å². The molecule has 0 spiro atoms. The largest absolute Gasteiger partial charge is 0.337 e. The summed E-state index contributed by atoms with van der Waals surface area (Å²) in [5.41, 5.74) is 2.51. The molecule has 0 aliphatic carbocycles. The van der Waals surface area contributed by atoms with Gasteiger partial charge in [-0.15, -0.1) is 0 Å². The Morgan fingerprint density at radius 1 is 1.18 bits per heavy atom. The maximum atomic E-state index is 13.0. The zero-order chi connectivity index (χ0) is 15.1. The van der Waals surface area contributed by atoms with Crippen LogP contribution < -0.4 is 5.32 Å². The molecule has 4 nitrogen and oxygen atoms in total. The first-order valence-electron chi connectivity index (χ1n) is 8.12. The Bertz CT molecular complexity index is 727. The minimum Gasteiger partial charge on any atom is -0.337 e. The topological polar surface area (TPSA) is 45.2 Å². The van der Waals surface area contributed by atoms with E-state index < -0.39 is 0 Å². The number of benzene rings is 1. The Hall–Kier alpha value is -1.94. The van der Waals surface area contributed by atoms with Crippen molar-refractivity contribution >= 4 is 16.8 Å². The van der Waals surface area contributed by atoms with E-state index in [0.29, 0.717) is 12.1 Å². The van der Waals surface area contributed by atoms with Crippen LogP contribution in [0.3, 0.4) is 0 Å². The van der Waals surface area contributed by atoms with Gasteiger partial charge in [0.1, 0.15) is 0 Å². The van der Waals surface area contributed by atoms with Crippen LogP contribution >= 0.6 is 0 Å². The molecule has 2 saturated heterocycles. The van der Waals surface area contributed by atoms with Gasteiger partial charge in [0.25, 0.3) is 5.91 Å². The predicted octanol–water partition coefficient (Wildman–Crippen LogP) is 2.51. The lowest BCUT2D eigenvalue weighted by Gasteiger charge is -2.24. The van der Waals surface area contributed by atoms with E-state index in [9.17, 15) is 4.79 Å². The smallest absolute Gasteiger partial charge is 0.256 e. The van der Waals surface area contributed by atoms with Crippen LogP contribution in [0.2, 0.25) is 0 Å². The predicted molar refractivity (Wildman–Crippen MR) is 86.9 cm³/mol. The summed E-state index contributed by atoms with van der Waals surface area (Å²) in [6, 6.07) is 11.0. The lowest BCUT2D eigenvalue weighted by atomic mass is 10.1. The average Bonchev–Trinajstić information content (AvgIpc) is 2.85. The van der Waals surface area contributed by atoms with Crippen LogP contribution in [0.4, 0.5) is 0 Å². The quantitative estimate of drug-likeness (QED) is 0.879. The van der Waals surface area contributed by atoms with Crippen LogP contribution in [0.1, 0.15) is 35.3 Å². The molecule has 2 aliphatic heterocycles. The highest BCUT2D eigenvalue weighted by molar-refractivity contribution is 6.05. The summed E-state index contributed by atoms with van der Waals surface area (Å²) in [6.45, 7) is 3.63. The minimum absolute atomic E-state index is 0.123. The molecule has 0 radical (unpaired) electrons. The van der Waals surface area contributed by atoms with E-state index in [2.05, 4.69) is 10.3 Å². The molecule has 22 heavy (non-hydrogen) atoms. The molecule has 0 saturated carbocycles. The molecule has 1 aromatic heterocycles. The van der Waals surface area contributed by atoms with Gasteiger partial charge >= 0.3 is 0 Å². The standard InChI is InChI=1S/C18H21N3O/c1-12-5-6-13-3-2-4-16(17(13)19-12)18(22)21-10-9-14-7-8-15(11-21)20-14/h2-6,14-15,20H,7-11H2,1H3. The normalized spacial score (nSPS) is 24.5. The van der Waals surface area contributed by atoms with Gasteiger partial charge in [0, 0.05) is 36.3 Å². The SMILES string of the molecule is Cc1ccc2cccc(C(=O)N3CCC4CCC(C3)N4)c2n1. The number of amides is 1. The van der Waals surface area contributed by atoms with Crippen molar-refractivity contribution in [3.8, 4) is 0 Å². The highest BCUT2D eigenvalue weighted by atomic mass is 16.2. The molecular formula is C18H21N3O. The lowest BCUT2D eigenvalue weighted by molar-refractivity contribution is 0.0750. The van der Waals surface area contributed by atoms with Crippen LogP contribution in [0.25, 0.3) is 10.9 Å². The van der Waals surface area contributed by atoms with Crippen molar-refractivity contribution < 1.29 is 4.79 Å². The number of aryl methyl sites for hydroxylation is 1. The van der Waals surface area contributed by atoms with Crippen molar-refractivity contribution in [1.29, 1.82) is 0 Å². The fourth-order valence-corrected chi connectivity index (χ4v) is 3.72. The zero-order valence-corrected chi connectivity index (χ0v) is 12.9. The summed E-state index contributed by atoms with van der Waals surface area (Å²) in [5.74, 6) is 0.123. The van der Waals surface area contributed by atoms with Crippen molar-refractivity contribution in [2.75, 3.05) is 13.1 Å². The average molecular weight is 295 g/mol. The van der Waals surface area contributed by atoms with Gasteiger partial charge in [0.2, 0.25) is 0 Å². The molecule has 2 atom stereocenters. The number of para-hydroxylation sites is 1. The molecule has 1 N–H and O–H groups in total. The van der Waals surface area contributed by atoms with Gasteiger partial charge in [-0.2, -0.15) is 0 Å². The Balaban J connectivity index is 1.69. The second-order valence-electron chi connectivity index (χ2n) is 6.51. The molecule has 3 heterocycles. The first kappa shape index (κ1) is 13.7. The van der Waals surface area contributed by atoms with E-state index in [0.717, 1.165) is 41.7 Å². The van der Waals surface area contributed by atoms with E-state index in [1.54, 1.807) is 0 Å². The van der Waals surface area contributed by atoms with Crippen molar-refractivity contribution in [2.24, 2.45) is 0 Å². The number of aromatic nitrogens is 1. The van der Waals surface area contributed by atoms with Crippen molar-refractivity contribution in [3.05, 3.63) is 41.6 Å². The Morgan fingerprint density at radius 3 is 2.95 bits per heavy atom. The number of fused-ring (bicyclic) bond motifs is 3. The van der Waals surface area contributed by atoms with Crippen molar-refractivity contribution in [3.63, 3.8) is 0 Å². The Labute approximate surface area is 130 Å². The summed E-state index contributed by atoms with van der Waals surface area (Å²) in [7, 11) is 0. The van der Waals surface area contributed by atoms with Crippen LogP contribution in [0, 0.1) is 6.92 Å². The van der Waals surface area contributed by atoms with E-state index in [-0.39, 0.29) is 5.91 Å². The first-order chi connectivity index (χ1) is 10.7. The molecule has 2 unspecified atom stereocenters. The number of nitrogens with zero attached hydrogens (tertiary/aromatic N) is 2. The second-order valence-corrected chi connectivity index (χ2v) is 6.51. The van der Waals surface area contributed by atoms with Gasteiger partial charge in [-0.1, -0.05) is 18.2 Å². The summed E-state index contributed by atoms with van der Waals surface area (Å²) >= 11 is 0. The fraction of sp³-hybridized carbons (Fsp3) is 0.444. The summed E-state index contributed by atoms with van der Waals surface area (Å²) in [4.78, 5) is 19.6. The van der Waals surface area contributed by atoms with E-state index >= 15 is 0 Å². The summed E-state index contributed by atoms with van der Waals surface area (Å²) in [6.07, 6.45) is 3.49. The van der Waals surface area contributed by atoms with Gasteiger partial charge in [-0.3, -0.25) is 9.78 Å². The van der Waals surface area contributed by atoms with E-state index in [1.807, 2.05) is 42.2 Å². The number of rotatable bonds is 1. The van der Waals surface area contributed by atoms with Crippen molar-refractivity contribution in [1.82, 2.24) is 15.2 Å². The highest BCUT2D eigenvalue weighted by Gasteiger charge is 2.31. The Morgan fingerprint density at radius 2 is 2.05 bits per heavy atom. The molecule has 2 bridgehead atoms. The van der Waals surface area contributed by atoms with Crippen LogP contribution in [0.5, 0.6) is 0 Å². The van der Waals surface area contributed by atoms with Gasteiger partial charge < -0.3 is 10.2 Å². The van der Waals surface area contributed by atoms with E-state index in [4.69, 9.17) is 0 Å². The monoisotopic (exact) mass is 295 g/mol. The second kappa shape index (κ2) is 5.36. The molecule has 114 valence electrons. The molecule has 1 amide bonds.